The number of nitrogens with zero attached hydrogens (tertiary/aromatic N) is 3. The Kier molecular flexibility index (Phi) is 3.35. The van der Waals surface area contributed by atoms with Gasteiger partial charge in [0.25, 0.3) is 0 Å². The highest BCUT2D eigenvalue weighted by molar-refractivity contribution is 5.81. The van der Waals surface area contributed by atoms with Crippen LogP contribution in [0.4, 0.5) is 0 Å². The van der Waals surface area contributed by atoms with Crippen LogP contribution in [0.2, 0.25) is 0 Å². The molecule has 0 amide bonds. The Balaban J connectivity index is 2.25. The maximum Gasteiger partial charge on any atom is 0.145 e. The van der Waals surface area contributed by atoms with E-state index in [4.69, 9.17) is 0 Å². The summed E-state index contributed by atoms with van der Waals surface area (Å²) in [6, 6.07) is 14.7. The minimum Gasteiger partial charge on any atom is -0.197 e. The smallest absolute Gasteiger partial charge is 0.145 e. The van der Waals surface area contributed by atoms with Crippen molar-refractivity contribution in [2.24, 2.45) is 11.3 Å². The van der Waals surface area contributed by atoms with E-state index in [0.717, 1.165) is 16.7 Å². The first kappa shape index (κ1) is 15.1. The van der Waals surface area contributed by atoms with Gasteiger partial charge < -0.3 is 0 Å². The first-order chi connectivity index (χ1) is 11.0. The van der Waals surface area contributed by atoms with E-state index in [1.807, 2.05) is 37.3 Å². The molecule has 1 aromatic carbocycles. The van der Waals surface area contributed by atoms with E-state index < -0.39 is 5.41 Å². The highest BCUT2D eigenvalue weighted by Gasteiger charge is 2.57. The molecule has 0 aromatic heterocycles. The van der Waals surface area contributed by atoms with Crippen LogP contribution in [0.1, 0.15) is 37.3 Å². The standard InChI is InChI=1S/C20H17N3/c1-14(2)18-9-19(12-22,13-23)11-20(18)8-7-15(10-21)16-5-3-4-6-17(16)20/h3-7,18H,1,8-9,11H2,2H3/t18-,20-/m0/s1. The molecule has 0 heterocycles. The molecule has 2 aliphatic rings. The minimum absolute atomic E-state index is 0.0689. The molecular weight excluding hydrogens is 282 g/mol. The number of nitriles is 3. The lowest BCUT2D eigenvalue weighted by molar-refractivity contribution is 0.348. The van der Waals surface area contributed by atoms with Crippen molar-refractivity contribution in [3.8, 4) is 18.2 Å². The average molecular weight is 299 g/mol. The molecule has 0 bridgehead atoms. The van der Waals surface area contributed by atoms with Crippen LogP contribution in [-0.4, -0.2) is 0 Å². The highest BCUT2D eigenvalue weighted by Crippen LogP contribution is 2.60. The van der Waals surface area contributed by atoms with Gasteiger partial charge in [-0.3, -0.25) is 0 Å². The van der Waals surface area contributed by atoms with Crippen molar-refractivity contribution in [3.63, 3.8) is 0 Å². The molecule has 112 valence electrons. The van der Waals surface area contributed by atoms with E-state index in [9.17, 15) is 15.8 Å². The van der Waals surface area contributed by atoms with Gasteiger partial charge in [0, 0.05) is 5.41 Å². The van der Waals surface area contributed by atoms with Gasteiger partial charge in [-0.15, -0.1) is 0 Å². The molecule has 3 rings (SSSR count). The van der Waals surface area contributed by atoms with Crippen LogP contribution in [0.15, 0.2) is 42.5 Å². The molecule has 0 N–H and O–H groups in total. The van der Waals surface area contributed by atoms with Gasteiger partial charge in [0.2, 0.25) is 0 Å². The summed E-state index contributed by atoms with van der Waals surface area (Å²) in [5.41, 5.74) is 2.40. The summed E-state index contributed by atoms with van der Waals surface area (Å²) in [5.74, 6) is 0.0689. The van der Waals surface area contributed by atoms with Crippen LogP contribution in [-0.2, 0) is 5.41 Å². The zero-order valence-corrected chi connectivity index (χ0v) is 13.1. The molecule has 1 spiro atoms. The average Bonchev–Trinajstić information content (AvgIpc) is 2.92. The lowest BCUT2D eigenvalue weighted by Gasteiger charge is -2.39. The van der Waals surface area contributed by atoms with Gasteiger partial charge in [0.1, 0.15) is 5.41 Å². The van der Waals surface area contributed by atoms with Crippen molar-refractivity contribution >= 4 is 5.57 Å². The number of rotatable bonds is 1. The van der Waals surface area contributed by atoms with Gasteiger partial charge in [0.15, 0.2) is 0 Å². The normalized spacial score (nSPS) is 27.2. The van der Waals surface area contributed by atoms with Crippen LogP contribution in [0.3, 0.4) is 0 Å². The number of benzene rings is 1. The molecule has 0 saturated heterocycles. The molecular formula is C20H17N3. The van der Waals surface area contributed by atoms with E-state index in [0.29, 0.717) is 24.8 Å². The second-order valence-electron chi connectivity index (χ2n) is 6.72. The van der Waals surface area contributed by atoms with Gasteiger partial charge >= 0.3 is 0 Å². The summed E-state index contributed by atoms with van der Waals surface area (Å²) in [7, 11) is 0. The number of hydrogen-bond acceptors (Lipinski definition) is 3. The molecule has 0 radical (unpaired) electrons. The van der Waals surface area contributed by atoms with Gasteiger partial charge in [-0.25, -0.2) is 0 Å². The molecule has 1 saturated carbocycles. The Morgan fingerprint density at radius 2 is 1.91 bits per heavy atom. The molecule has 0 unspecified atom stereocenters. The molecule has 23 heavy (non-hydrogen) atoms. The van der Waals surface area contributed by atoms with Crippen molar-refractivity contribution in [2.75, 3.05) is 0 Å². The lowest BCUT2D eigenvalue weighted by atomic mass is 9.63. The Hall–Kier alpha value is -2.83. The van der Waals surface area contributed by atoms with E-state index in [2.05, 4.69) is 24.8 Å². The fourth-order valence-electron chi connectivity index (χ4n) is 4.38. The largest absolute Gasteiger partial charge is 0.197 e. The summed E-state index contributed by atoms with van der Waals surface area (Å²) in [6.45, 7) is 6.10. The first-order valence-electron chi connectivity index (χ1n) is 7.70. The van der Waals surface area contributed by atoms with Gasteiger partial charge in [-0.05, 0) is 43.2 Å². The second kappa shape index (κ2) is 5.12. The van der Waals surface area contributed by atoms with Crippen molar-refractivity contribution in [1.29, 1.82) is 15.8 Å². The zero-order valence-electron chi connectivity index (χ0n) is 13.1. The molecule has 3 nitrogen and oxygen atoms in total. The van der Waals surface area contributed by atoms with Crippen molar-refractivity contribution in [2.45, 2.75) is 31.6 Å². The third-order valence-electron chi connectivity index (χ3n) is 5.40. The van der Waals surface area contributed by atoms with Crippen LogP contribution in [0.5, 0.6) is 0 Å². The summed E-state index contributed by atoms with van der Waals surface area (Å²) >= 11 is 0. The Labute approximate surface area is 136 Å². The SMILES string of the molecule is C=C(C)[C@@H]1CC(C#N)(C#N)C[C@]12CC=C(C#N)c1ccccc12. The van der Waals surface area contributed by atoms with Crippen LogP contribution in [0.25, 0.3) is 5.57 Å². The Bertz CT molecular complexity index is 827. The van der Waals surface area contributed by atoms with Crippen molar-refractivity contribution in [3.05, 3.63) is 53.6 Å². The molecule has 2 atom stereocenters. The van der Waals surface area contributed by atoms with E-state index in [1.54, 1.807) is 0 Å². The van der Waals surface area contributed by atoms with E-state index in [-0.39, 0.29) is 11.3 Å². The van der Waals surface area contributed by atoms with Crippen LogP contribution >= 0.6 is 0 Å². The molecule has 1 aromatic rings. The van der Waals surface area contributed by atoms with Gasteiger partial charge in [-0.2, -0.15) is 15.8 Å². The summed E-state index contributed by atoms with van der Waals surface area (Å²) in [5, 5.41) is 28.6. The first-order valence-corrected chi connectivity index (χ1v) is 7.70. The molecule has 0 aliphatic heterocycles. The summed E-state index contributed by atoms with van der Waals surface area (Å²) < 4.78 is 0. The predicted octanol–water partition coefficient (Wildman–Crippen LogP) is 4.25. The predicted molar refractivity (Wildman–Crippen MR) is 87.5 cm³/mol. The zero-order chi connectivity index (χ0) is 16.7. The van der Waals surface area contributed by atoms with Crippen LogP contribution in [0, 0.1) is 45.3 Å². The Morgan fingerprint density at radius 1 is 1.22 bits per heavy atom. The van der Waals surface area contributed by atoms with Crippen LogP contribution < -0.4 is 0 Å². The van der Waals surface area contributed by atoms with Gasteiger partial charge in [0.05, 0.1) is 23.8 Å². The highest BCUT2D eigenvalue weighted by atomic mass is 14.6. The van der Waals surface area contributed by atoms with Gasteiger partial charge in [-0.1, -0.05) is 42.5 Å². The maximum absolute atomic E-state index is 9.61. The van der Waals surface area contributed by atoms with E-state index in [1.165, 1.54) is 0 Å². The number of allylic oxidation sites excluding steroid dienone is 3. The molecule has 1 fully saturated rings. The maximum atomic E-state index is 9.61. The fraction of sp³-hybridized carbons (Fsp3) is 0.350. The van der Waals surface area contributed by atoms with Crippen molar-refractivity contribution in [1.82, 2.24) is 0 Å². The third kappa shape index (κ3) is 2.00. The molecule has 2 aliphatic carbocycles. The van der Waals surface area contributed by atoms with E-state index >= 15 is 0 Å². The minimum atomic E-state index is -0.977. The third-order valence-corrected chi connectivity index (χ3v) is 5.40. The second-order valence-corrected chi connectivity index (χ2v) is 6.72. The lowest BCUT2D eigenvalue weighted by Crippen LogP contribution is -2.34. The number of hydrogen-bond donors (Lipinski definition) is 0. The topological polar surface area (TPSA) is 71.4 Å². The number of fused-ring (bicyclic) bond motifs is 2. The summed E-state index contributed by atoms with van der Waals surface area (Å²) in [4.78, 5) is 0. The summed E-state index contributed by atoms with van der Waals surface area (Å²) in [6.07, 6.45) is 3.65. The Morgan fingerprint density at radius 3 is 2.52 bits per heavy atom. The monoisotopic (exact) mass is 299 g/mol. The molecule has 3 heteroatoms. The fourth-order valence-corrected chi connectivity index (χ4v) is 4.38. The quantitative estimate of drug-likeness (QED) is 0.727. The van der Waals surface area contributed by atoms with Crippen molar-refractivity contribution < 1.29 is 0 Å².